The Morgan fingerprint density at radius 2 is 0.920 bits per heavy atom. The van der Waals surface area contributed by atoms with Gasteiger partial charge in [-0.05, 0) is 61.4 Å². The van der Waals surface area contributed by atoms with E-state index in [-0.39, 0.29) is 0 Å². The van der Waals surface area contributed by atoms with Crippen LogP contribution >= 0.6 is 0 Å². The number of nitrogens with one attached hydrogen (secondary N) is 2. The van der Waals surface area contributed by atoms with Crippen LogP contribution < -0.4 is 9.96 Å². The molecule has 3 heteroatoms. The van der Waals surface area contributed by atoms with E-state index in [4.69, 9.17) is 0 Å². The van der Waals surface area contributed by atoms with Crippen LogP contribution in [-0.2, 0) is 0 Å². The standard InChI is InChI=1S/C22H46N2Si/c1-21(2,3)17-13-9-11-15-19(17)23-25(7,8)24-20-16-12-10-14-18(20)22(4,5)6/h17-20,23-24H,9-16H2,1-8H3. The molecule has 2 nitrogen and oxygen atoms in total. The Balaban J connectivity index is 2.04. The third kappa shape index (κ3) is 6.07. The Bertz CT molecular complexity index is 381. The quantitative estimate of drug-likeness (QED) is 0.589. The maximum Gasteiger partial charge on any atom is 0.195 e. The van der Waals surface area contributed by atoms with E-state index in [1.807, 2.05) is 0 Å². The zero-order chi connectivity index (χ0) is 18.9. The van der Waals surface area contributed by atoms with Crippen LogP contribution in [0.4, 0.5) is 0 Å². The van der Waals surface area contributed by atoms with Crippen molar-refractivity contribution in [3.8, 4) is 0 Å². The second-order valence-electron chi connectivity index (χ2n) is 11.6. The predicted octanol–water partition coefficient (Wildman–Crippen LogP) is 6.08. The van der Waals surface area contributed by atoms with Gasteiger partial charge in [-0.2, -0.15) is 0 Å². The Morgan fingerprint density at radius 1 is 0.600 bits per heavy atom. The first kappa shape index (κ1) is 21.4. The van der Waals surface area contributed by atoms with Crippen molar-refractivity contribution in [2.24, 2.45) is 22.7 Å². The molecular weight excluding hydrogens is 320 g/mol. The highest BCUT2D eigenvalue weighted by Crippen LogP contribution is 2.40. The lowest BCUT2D eigenvalue weighted by Gasteiger charge is -2.47. The van der Waals surface area contributed by atoms with Crippen LogP contribution in [0.5, 0.6) is 0 Å². The van der Waals surface area contributed by atoms with Gasteiger partial charge in [0, 0.05) is 12.1 Å². The van der Waals surface area contributed by atoms with Crippen LogP contribution in [0.2, 0.25) is 13.1 Å². The summed E-state index contributed by atoms with van der Waals surface area (Å²) in [5.41, 5.74) is 0.836. The Kier molecular flexibility index (Phi) is 6.88. The molecule has 0 aromatic rings. The monoisotopic (exact) mass is 366 g/mol. The predicted molar refractivity (Wildman–Crippen MR) is 114 cm³/mol. The summed E-state index contributed by atoms with van der Waals surface area (Å²) < 4.78 is 0. The first-order valence-corrected chi connectivity index (χ1v) is 14.0. The SMILES string of the molecule is CC(C)(C)C1CCCCC1N[Si](C)(C)NC1CCCCC1C(C)(C)C. The Morgan fingerprint density at radius 3 is 1.24 bits per heavy atom. The zero-order valence-corrected chi connectivity index (χ0v) is 19.5. The van der Waals surface area contributed by atoms with Gasteiger partial charge in [0.05, 0.1) is 0 Å². The van der Waals surface area contributed by atoms with Gasteiger partial charge < -0.3 is 9.96 Å². The van der Waals surface area contributed by atoms with E-state index in [1.54, 1.807) is 0 Å². The van der Waals surface area contributed by atoms with Crippen molar-refractivity contribution in [2.45, 2.75) is 118 Å². The molecule has 25 heavy (non-hydrogen) atoms. The molecular formula is C22H46N2Si. The molecule has 4 unspecified atom stereocenters. The second kappa shape index (κ2) is 8.02. The normalized spacial score (nSPS) is 32.6. The Labute approximate surface area is 159 Å². The summed E-state index contributed by atoms with van der Waals surface area (Å²) >= 11 is 0. The van der Waals surface area contributed by atoms with Gasteiger partial charge >= 0.3 is 0 Å². The average molecular weight is 367 g/mol. The molecule has 2 fully saturated rings. The highest BCUT2D eigenvalue weighted by molar-refractivity contribution is 6.72. The Hall–Kier alpha value is 0.137. The number of rotatable bonds is 4. The molecule has 0 spiro atoms. The van der Waals surface area contributed by atoms with Crippen molar-refractivity contribution in [2.75, 3.05) is 0 Å². The molecule has 2 saturated carbocycles. The highest BCUT2D eigenvalue weighted by Gasteiger charge is 2.40. The minimum atomic E-state index is -1.62. The van der Waals surface area contributed by atoms with Crippen molar-refractivity contribution in [1.29, 1.82) is 0 Å². The van der Waals surface area contributed by atoms with Crippen molar-refractivity contribution in [3.05, 3.63) is 0 Å². The van der Waals surface area contributed by atoms with Gasteiger partial charge in [-0.25, -0.2) is 0 Å². The first-order chi connectivity index (χ1) is 11.4. The molecule has 0 heterocycles. The fourth-order valence-corrected chi connectivity index (χ4v) is 8.28. The third-order valence-corrected chi connectivity index (χ3v) is 9.03. The minimum absolute atomic E-state index is 0.418. The lowest BCUT2D eigenvalue weighted by molar-refractivity contribution is 0.135. The van der Waals surface area contributed by atoms with E-state index in [1.165, 1.54) is 51.4 Å². The highest BCUT2D eigenvalue weighted by atomic mass is 28.3. The third-order valence-electron chi connectivity index (χ3n) is 6.85. The lowest BCUT2D eigenvalue weighted by atomic mass is 9.70. The van der Waals surface area contributed by atoms with Crippen molar-refractivity contribution in [3.63, 3.8) is 0 Å². The van der Waals surface area contributed by atoms with Gasteiger partial charge in [-0.15, -0.1) is 0 Å². The largest absolute Gasteiger partial charge is 0.323 e. The molecule has 148 valence electrons. The maximum absolute atomic E-state index is 4.20. The van der Waals surface area contributed by atoms with Gasteiger partial charge in [-0.3, -0.25) is 0 Å². The van der Waals surface area contributed by atoms with Crippen LogP contribution in [0.3, 0.4) is 0 Å². The summed E-state index contributed by atoms with van der Waals surface area (Å²) in [6, 6.07) is 1.42. The molecule has 0 amide bonds. The second-order valence-corrected chi connectivity index (χ2v) is 15.5. The van der Waals surface area contributed by atoms with Crippen LogP contribution in [0, 0.1) is 22.7 Å². The van der Waals surface area contributed by atoms with E-state index in [0.717, 1.165) is 11.8 Å². The molecule has 0 aliphatic heterocycles. The van der Waals surface area contributed by atoms with Gasteiger partial charge in [0.15, 0.2) is 8.40 Å². The first-order valence-electron chi connectivity index (χ1n) is 11.0. The topological polar surface area (TPSA) is 24.1 Å². The van der Waals surface area contributed by atoms with E-state index >= 15 is 0 Å². The van der Waals surface area contributed by atoms with Gasteiger partial charge in [0.1, 0.15) is 0 Å². The average Bonchev–Trinajstić information content (AvgIpc) is 2.45. The van der Waals surface area contributed by atoms with Crippen LogP contribution in [0.15, 0.2) is 0 Å². The minimum Gasteiger partial charge on any atom is -0.323 e. The maximum atomic E-state index is 4.20. The van der Waals surface area contributed by atoms with Crippen molar-refractivity contribution in [1.82, 2.24) is 9.96 Å². The molecule has 2 aliphatic carbocycles. The molecule has 2 N–H and O–H groups in total. The van der Waals surface area contributed by atoms with Gasteiger partial charge in [-0.1, -0.05) is 67.2 Å². The van der Waals surface area contributed by atoms with Crippen molar-refractivity contribution >= 4 is 8.40 Å². The fraction of sp³-hybridized carbons (Fsp3) is 1.00. The summed E-state index contributed by atoms with van der Waals surface area (Å²) in [6.07, 6.45) is 11.2. The molecule has 0 aromatic heterocycles. The number of hydrogen-bond donors (Lipinski definition) is 2. The molecule has 0 aromatic carbocycles. The summed E-state index contributed by atoms with van der Waals surface area (Å²) in [7, 11) is -1.62. The van der Waals surface area contributed by atoms with E-state index in [9.17, 15) is 0 Å². The van der Waals surface area contributed by atoms with Crippen molar-refractivity contribution < 1.29 is 0 Å². The van der Waals surface area contributed by atoms with E-state index < -0.39 is 8.40 Å². The molecule has 2 rings (SSSR count). The molecule has 0 radical (unpaired) electrons. The zero-order valence-electron chi connectivity index (χ0n) is 18.5. The molecule has 0 bridgehead atoms. The smallest absolute Gasteiger partial charge is 0.195 e. The summed E-state index contributed by atoms with van der Waals surface area (Å²) in [5.74, 6) is 1.64. The van der Waals surface area contributed by atoms with E-state index in [2.05, 4.69) is 64.6 Å². The summed E-state index contributed by atoms with van der Waals surface area (Å²) in [4.78, 5) is 8.40. The summed E-state index contributed by atoms with van der Waals surface area (Å²) in [6.45, 7) is 19.7. The van der Waals surface area contributed by atoms with Crippen LogP contribution in [0.25, 0.3) is 0 Å². The fourth-order valence-electron chi connectivity index (χ4n) is 5.65. The van der Waals surface area contributed by atoms with Crippen LogP contribution in [0.1, 0.15) is 92.9 Å². The molecule has 0 saturated heterocycles. The molecule has 4 atom stereocenters. The lowest BCUT2D eigenvalue weighted by Crippen LogP contribution is -2.67. The van der Waals surface area contributed by atoms with Gasteiger partial charge in [0.2, 0.25) is 0 Å². The van der Waals surface area contributed by atoms with E-state index in [0.29, 0.717) is 22.9 Å². The number of hydrogen-bond acceptors (Lipinski definition) is 2. The molecule has 2 aliphatic rings. The van der Waals surface area contributed by atoms with Crippen LogP contribution in [-0.4, -0.2) is 20.5 Å². The van der Waals surface area contributed by atoms with Gasteiger partial charge in [0.25, 0.3) is 0 Å². The summed E-state index contributed by atoms with van der Waals surface area (Å²) in [5, 5.41) is 0.